The minimum Gasteiger partial charge on any atom is -0.495 e. The summed E-state index contributed by atoms with van der Waals surface area (Å²) in [4.78, 5) is 24.9. The van der Waals surface area contributed by atoms with Gasteiger partial charge in [-0.15, -0.1) is 0 Å². The number of nitrogens with one attached hydrogen (secondary N) is 1. The predicted octanol–water partition coefficient (Wildman–Crippen LogP) is 3.32. The molecule has 0 unspecified atom stereocenters. The number of amides is 1. The number of rotatable bonds is 7. The van der Waals surface area contributed by atoms with E-state index in [-0.39, 0.29) is 10.5 Å². The molecule has 1 heterocycles. The van der Waals surface area contributed by atoms with Gasteiger partial charge in [0.1, 0.15) is 5.75 Å². The summed E-state index contributed by atoms with van der Waals surface area (Å²) in [5, 5.41) is 3.02. The van der Waals surface area contributed by atoms with Crippen LogP contribution >= 0.6 is 11.6 Å². The molecule has 0 spiro atoms. The van der Waals surface area contributed by atoms with Crippen LogP contribution in [0.1, 0.15) is 30.1 Å². The number of hydrogen-bond donors (Lipinski definition) is 1. The first kappa shape index (κ1) is 23.1. The van der Waals surface area contributed by atoms with Crippen LogP contribution in [0.5, 0.6) is 5.75 Å². The van der Waals surface area contributed by atoms with Gasteiger partial charge in [-0.05, 0) is 62.2 Å². The van der Waals surface area contributed by atoms with Crippen LogP contribution in [-0.2, 0) is 19.6 Å². The zero-order valence-electron chi connectivity index (χ0n) is 17.1. The second-order valence-electron chi connectivity index (χ2n) is 7.02. The number of sulfonamides is 1. The zero-order valence-corrected chi connectivity index (χ0v) is 18.7. The molecule has 0 radical (unpaired) electrons. The fourth-order valence-corrected chi connectivity index (χ4v) is 4.82. The molecule has 0 aromatic heterocycles. The van der Waals surface area contributed by atoms with Crippen molar-refractivity contribution in [2.24, 2.45) is 0 Å². The molecule has 1 atom stereocenters. The highest BCUT2D eigenvalue weighted by Crippen LogP contribution is 2.28. The molecule has 1 N–H and O–H groups in total. The first-order chi connectivity index (χ1) is 14.7. The lowest BCUT2D eigenvalue weighted by molar-refractivity contribution is -0.123. The number of ether oxygens (including phenoxy) is 2. The zero-order chi connectivity index (χ0) is 22.6. The van der Waals surface area contributed by atoms with Crippen LogP contribution in [-0.4, -0.2) is 50.9 Å². The first-order valence-electron chi connectivity index (χ1n) is 9.68. The average Bonchev–Trinajstić information content (AvgIpc) is 3.30. The summed E-state index contributed by atoms with van der Waals surface area (Å²) >= 11 is 5.95. The summed E-state index contributed by atoms with van der Waals surface area (Å²) in [5.41, 5.74) is 0.486. The van der Waals surface area contributed by atoms with Crippen molar-refractivity contribution in [2.45, 2.75) is 30.8 Å². The van der Waals surface area contributed by atoms with E-state index < -0.39 is 28.0 Å². The van der Waals surface area contributed by atoms with Gasteiger partial charge in [-0.1, -0.05) is 11.6 Å². The number of benzene rings is 2. The van der Waals surface area contributed by atoms with E-state index in [1.165, 1.54) is 48.7 Å². The van der Waals surface area contributed by atoms with Crippen molar-refractivity contribution in [3.8, 4) is 5.75 Å². The van der Waals surface area contributed by atoms with Crippen LogP contribution in [0.25, 0.3) is 0 Å². The Morgan fingerprint density at radius 3 is 2.35 bits per heavy atom. The monoisotopic (exact) mass is 466 g/mol. The molecular formula is C21H23ClN2O6S. The van der Waals surface area contributed by atoms with Crippen LogP contribution in [0.15, 0.2) is 47.4 Å². The molecule has 0 saturated carbocycles. The van der Waals surface area contributed by atoms with E-state index in [0.717, 1.165) is 12.8 Å². The SMILES string of the molecule is COc1ccc(Cl)cc1NC(=O)[C@@H](C)OC(=O)c1ccc(S(=O)(=O)N2CCCC2)cc1. The Bertz CT molecular complexity index is 1070. The molecule has 3 rings (SSSR count). The molecule has 0 aliphatic carbocycles. The molecule has 166 valence electrons. The summed E-state index contributed by atoms with van der Waals surface area (Å²) in [6, 6.07) is 10.2. The minimum atomic E-state index is -3.57. The molecule has 1 saturated heterocycles. The Morgan fingerprint density at radius 1 is 1.10 bits per heavy atom. The highest BCUT2D eigenvalue weighted by molar-refractivity contribution is 7.89. The summed E-state index contributed by atoms with van der Waals surface area (Å²) in [5.74, 6) is -0.904. The third-order valence-electron chi connectivity index (χ3n) is 4.87. The highest BCUT2D eigenvalue weighted by atomic mass is 35.5. The van der Waals surface area contributed by atoms with Gasteiger partial charge in [0, 0.05) is 18.1 Å². The number of carbonyl (C=O) groups is 2. The van der Waals surface area contributed by atoms with Gasteiger partial charge >= 0.3 is 5.97 Å². The molecule has 31 heavy (non-hydrogen) atoms. The first-order valence-corrected chi connectivity index (χ1v) is 11.5. The molecule has 10 heteroatoms. The maximum absolute atomic E-state index is 12.6. The molecule has 2 aromatic carbocycles. The lowest BCUT2D eigenvalue weighted by Crippen LogP contribution is -2.30. The molecule has 8 nitrogen and oxygen atoms in total. The Hall–Kier alpha value is -2.62. The van der Waals surface area contributed by atoms with E-state index in [9.17, 15) is 18.0 Å². The summed E-state index contributed by atoms with van der Waals surface area (Å²) < 4.78 is 37.0. The topological polar surface area (TPSA) is 102 Å². The standard InChI is InChI=1S/C21H23ClN2O6S/c1-14(20(25)23-18-13-16(22)7-10-19(18)29-2)30-21(26)15-5-8-17(9-6-15)31(27,28)24-11-3-4-12-24/h5-10,13-14H,3-4,11-12H2,1-2H3,(H,23,25)/t14-/m1/s1. The summed E-state index contributed by atoms with van der Waals surface area (Å²) in [6.07, 6.45) is 0.569. The molecule has 2 aromatic rings. The smallest absolute Gasteiger partial charge is 0.338 e. The average molecular weight is 467 g/mol. The normalized spacial score (nSPS) is 15.3. The third kappa shape index (κ3) is 5.36. The van der Waals surface area contributed by atoms with E-state index in [0.29, 0.717) is 29.5 Å². The predicted molar refractivity (Wildman–Crippen MR) is 116 cm³/mol. The minimum absolute atomic E-state index is 0.116. The number of carbonyl (C=O) groups excluding carboxylic acids is 2. The number of nitrogens with zero attached hydrogens (tertiary/aromatic N) is 1. The van der Waals surface area contributed by atoms with Crippen LogP contribution in [0.4, 0.5) is 5.69 Å². The molecule has 1 amide bonds. The highest BCUT2D eigenvalue weighted by Gasteiger charge is 2.27. The Morgan fingerprint density at radius 2 is 1.74 bits per heavy atom. The Kier molecular flexibility index (Phi) is 7.19. The van der Waals surface area contributed by atoms with Gasteiger partial charge in [0.2, 0.25) is 10.0 Å². The van der Waals surface area contributed by atoms with Gasteiger partial charge in [-0.2, -0.15) is 4.31 Å². The Labute approximate surface area is 186 Å². The molecule has 1 aliphatic heterocycles. The number of esters is 1. The van der Waals surface area contributed by atoms with Crippen molar-refractivity contribution in [1.29, 1.82) is 0 Å². The van der Waals surface area contributed by atoms with Crippen LogP contribution in [0.3, 0.4) is 0 Å². The lowest BCUT2D eigenvalue weighted by Gasteiger charge is -2.16. The van der Waals surface area contributed by atoms with Gasteiger partial charge in [0.15, 0.2) is 6.10 Å². The van der Waals surface area contributed by atoms with Crippen LogP contribution in [0, 0.1) is 0 Å². The fourth-order valence-electron chi connectivity index (χ4n) is 3.13. The third-order valence-corrected chi connectivity index (χ3v) is 7.01. The maximum Gasteiger partial charge on any atom is 0.338 e. The second-order valence-corrected chi connectivity index (χ2v) is 9.39. The lowest BCUT2D eigenvalue weighted by atomic mass is 10.2. The van der Waals surface area contributed by atoms with E-state index in [4.69, 9.17) is 21.1 Å². The largest absolute Gasteiger partial charge is 0.495 e. The molecular weight excluding hydrogens is 444 g/mol. The van der Waals surface area contributed by atoms with Crippen molar-refractivity contribution in [1.82, 2.24) is 4.31 Å². The fraction of sp³-hybridized carbons (Fsp3) is 0.333. The van der Waals surface area contributed by atoms with E-state index in [2.05, 4.69) is 5.32 Å². The van der Waals surface area contributed by atoms with Gasteiger partial charge in [-0.25, -0.2) is 13.2 Å². The Balaban J connectivity index is 1.64. The van der Waals surface area contributed by atoms with Crippen LogP contribution in [0.2, 0.25) is 5.02 Å². The van der Waals surface area contributed by atoms with E-state index in [1.54, 1.807) is 12.1 Å². The molecule has 1 fully saturated rings. The second kappa shape index (κ2) is 9.67. The number of methoxy groups -OCH3 is 1. The quantitative estimate of drug-likeness (QED) is 0.628. The van der Waals surface area contributed by atoms with Gasteiger partial charge in [-0.3, -0.25) is 4.79 Å². The number of anilines is 1. The van der Waals surface area contributed by atoms with Crippen molar-refractivity contribution in [3.63, 3.8) is 0 Å². The van der Waals surface area contributed by atoms with Crippen molar-refractivity contribution in [3.05, 3.63) is 53.1 Å². The van der Waals surface area contributed by atoms with E-state index >= 15 is 0 Å². The van der Waals surface area contributed by atoms with Crippen molar-refractivity contribution >= 4 is 39.2 Å². The van der Waals surface area contributed by atoms with Gasteiger partial charge in [0.05, 0.1) is 23.3 Å². The number of hydrogen-bond acceptors (Lipinski definition) is 6. The summed E-state index contributed by atoms with van der Waals surface area (Å²) in [7, 11) is -2.11. The molecule has 0 bridgehead atoms. The summed E-state index contributed by atoms with van der Waals surface area (Å²) in [6.45, 7) is 2.42. The van der Waals surface area contributed by atoms with Crippen LogP contribution < -0.4 is 10.1 Å². The maximum atomic E-state index is 12.6. The van der Waals surface area contributed by atoms with Crippen molar-refractivity contribution in [2.75, 3.05) is 25.5 Å². The molecule has 1 aliphatic rings. The van der Waals surface area contributed by atoms with E-state index in [1.807, 2.05) is 0 Å². The number of halogens is 1. The van der Waals surface area contributed by atoms with Crippen molar-refractivity contribution < 1.29 is 27.5 Å². The van der Waals surface area contributed by atoms with Gasteiger partial charge in [0.25, 0.3) is 5.91 Å². The van der Waals surface area contributed by atoms with Gasteiger partial charge < -0.3 is 14.8 Å².